The number of carboxylic acid groups (broad SMARTS) is 1. The third kappa shape index (κ3) is 4.53. The normalized spacial score (nSPS) is 18.6. The smallest absolute Gasteiger partial charge is 0.354 e. The van der Waals surface area contributed by atoms with Crippen LogP contribution in [0.3, 0.4) is 0 Å². The van der Waals surface area contributed by atoms with E-state index in [0.717, 1.165) is 12.3 Å². The zero-order valence-corrected chi connectivity index (χ0v) is 12.6. The van der Waals surface area contributed by atoms with E-state index in [1.54, 1.807) is 0 Å². The van der Waals surface area contributed by atoms with Crippen molar-refractivity contribution >= 4 is 17.6 Å². The summed E-state index contributed by atoms with van der Waals surface area (Å²) in [7, 11) is 0. The van der Waals surface area contributed by atoms with Gasteiger partial charge in [0.1, 0.15) is 17.3 Å². The molecule has 0 saturated heterocycles. The lowest BCUT2D eigenvalue weighted by Gasteiger charge is -2.21. The van der Waals surface area contributed by atoms with Crippen LogP contribution in [-0.2, 0) is 16.6 Å². The molecule has 0 atom stereocenters. The van der Waals surface area contributed by atoms with E-state index in [1.807, 2.05) is 0 Å². The Kier molecular flexibility index (Phi) is 2.46. The highest BCUT2D eigenvalue weighted by Crippen LogP contribution is 2.32. The van der Waals surface area contributed by atoms with E-state index in [0.29, 0.717) is 0 Å². The number of carbonyl (C=O) groups excluding carboxylic acids is 1. The third-order valence-electron chi connectivity index (χ3n) is 3.09. The molecule has 0 aliphatic carbocycles. The van der Waals surface area contributed by atoms with Gasteiger partial charge in [0.25, 0.3) is 0 Å². The maximum atomic E-state index is 15.0. The van der Waals surface area contributed by atoms with Crippen LogP contribution in [-0.4, -0.2) is 27.1 Å². The van der Waals surface area contributed by atoms with Crippen LogP contribution in [0.2, 0.25) is 0 Å². The van der Waals surface area contributed by atoms with Crippen LogP contribution < -0.4 is 5.32 Å². The molecule has 0 bridgehead atoms. The molecule has 25 heavy (non-hydrogen) atoms. The third-order valence-corrected chi connectivity index (χ3v) is 3.09. The molecule has 2 aromatic rings. The quantitative estimate of drug-likeness (QED) is 0.782. The van der Waals surface area contributed by atoms with E-state index in [9.17, 15) is 14.7 Å². The minimum atomic E-state index is -3.80. The first kappa shape index (κ1) is 8.94. The van der Waals surface area contributed by atoms with Gasteiger partial charge in [-0.25, -0.2) is 14.2 Å². The first-order chi connectivity index (χ1) is 15.8. The zero-order chi connectivity index (χ0) is 27.1. The Morgan fingerprint density at radius 1 is 1.40 bits per heavy atom. The van der Waals surface area contributed by atoms with Crippen LogP contribution >= 0.6 is 0 Å². The second kappa shape index (κ2) is 6.88. The highest BCUT2D eigenvalue weighted by atomic mass is 19.1. The van der Waals surface area contributed by atoms with Crippen molar-refractivity contribution in [3.05, 3.63) is 53.1 Å². The van der Waals surface area contributed by atoms with Crippen LogP contribution in [0.25, 0.3) is 0 Å². The number of nitrogens with one attached hydrogen (secondary N) is 1. The number of anilines is 1. The maximum absolute atomic E-state index is 15.0. The van der Waals surface area contributed by atoms with Gasteiger partial charge >= 0.3 is 5.97 Å². The van der Waals surface area contributed by atoms with Gasteiger partial charge in [-0.15, -0.1) is 0 Å². The SMILES string of the molecule is [2H]c1c(O)c(C(C([2H])([2H])[2H])(C([2H])([2H])[2H])C([2H])([2H])[2H])cc(F)c1CC(=O)Nc1ccnc(C(=O)O)c1. The molecule has 7 heteroatoms. The lowest BCUT2D eigenvalue weighted by molar-refractivity contribution is -0.115. The second-order valence-electron chi connectivity index (χ2n) is 5.07. The summed E-state index contributed by atoms with van der Waals surface area (Å²) in [6.07, 6.45) is 0.153. The van der Waals surface area contributed by atoms with Gasteiger partial charge in [0.15, 0.2) is 0 Å². The average molecular weight is 356 g/mol. The number of pyridine rings is 1. The van der Waals surface area contributed by atoms with Crippen LogP contribution in [0.15, 0.2) is 30.4 Å². The summed E-state index contributed by atoms with van der Waals surface area (Å²) in [4.78, 5) is 26.9. The van der Waals surface area contributed by atoms with Gasteiger partial charge < -0.3 is 15.5 Å². The number of aromatic carboxylic acids is 1. The highest BCUT2D eigenvalue weighted by molar-refractivity contribution is 5.94. The van der Waals surface area contributed by atoms with Crippen molar-refractivity contribution in [2.24, 2.45) is 0 Å². The standard InChI is InChI=1S/C18H19FN2O4/c1-18(2,3)12-9-13(19)10(6-15(12)22)7-16(23)21-11-4-5-20-14(8-11)17(24)25/h4-6,8-9,22H,7H2,1-3H3,(H,24,25)(H,20,21,23)/i1D3,2D3,3D3,6D. The predicted octanol–water partition coefficient (Wildman–Crippen LogP) is 3.10. The summed E-state index contributed by atoms with van der Waals surface area (Å²) in [5.74, 6) is -5.29. The molecular weight excluding hydrogens is 327 g/mol. The Balaban J connectivity index is 2.60. The molecule has 0 spiro atoms. The minimum absolute atomic E-state index is 0.0404. The fraction of sp³-hybridized carbons (Fsp3) is 0.278. The summed E-state index contributed by atoms with van der Waals surface area (Å²) in [6, 6.07) is 1.23. The number of amides is 1. The van der Waals surface area contributed by atoms with Gasteiger partial charge in [0.05, 0.1) is 7.79 Å². The largest absolute Gasteiger partial charge is 0.508 e. The van der Waals surface area contributed by atoms with E-state index >= 15 is 4.39 Å². The van der Waals surface area contributed by atoms with Crippen molar-refractivity contribution in [1.29, 1.82) is 0 Å². The number of carbonyl (C=O) groups is 2. The van der Waals surface area contributed by atoms with E-state index in [4.69, 9.17) is 18.8 Å². The Labute approximate surface area is 158 Å². The first-order valence-corrected chi connectivity index (χ1v) is 6.76. The maximum Gasteiger partial charge on any atom is 0.354 e. The molecule has 6 nitrogen and oxygen atoms in total. The number of aromatic nitrogens is 1. The highest BCUT2D eigenvalue weighted by Gasteiger charge is 2.21. The van der Waals surface area contributed by atoms with Crippen molar-refractivity contribution in [2.75, 3.05) is 5.32 Å². The number of hydrogen-bond donors (Lipinski definition) is 3. The Morgan fingerprint density at radius 2 is 2.12 bits per heavy atom. The van der Waals surface area contributed by atoms with Crippen molar-refractivity contribution in [3.8, 4) is 5.75 Å². The summed E-state index contributed by atoms with van der Waals surface area (Å²) < 4.78 is 92.1. The van der Waals surface area contributed by atoms with Crippen LogP contribution in [0, 0.1) is 5.82 Å². The van der Waals surface area contributed by atoms with Crippen molar-refractivity contribution in [2.45, 2.75) is 32.4 Å². The molecule has 1 aromatic heterocycles. The second-order valence-corrected chi connectivity index (χ2v) is 5.07. The molecule has 2 rings (SSSR count). The van der Waals surface area contributed by atoms with E-state index in [1.165, 1.54) is 6.07 Å². The Morgan fingerprint density at radius 3 is 2.76 bits per heavy atom. The fourth-order valence-corrected chi connectivity index (χ4v) is 1.96. The van der Waals surface area contributed by atoms with Crippen LogP contribution in [0.4, 0.5) is 10.1 Å². The van der Waals surface area contributed by atoms with Crippen LogP contribution in [0.1, 0.15) is 55.9 Å². The van der Waals surface area contributed by atoms with Crippen LogP contribution in [0.5, 0.6) is 5.75 Å². The molecule has 0 saturated carbocycles. The van der Waals surface area contributed by atoms with Gasteiger partial charge in [-0.05, 0) is 29.7 Å². The van der Waals surface area contributed by atoms with Crippen molar-refractivity contribution in [3.63, 3.8) is 0 Å². The zero-order valence-electron chi connectivity index (χ0n) is 22.6. The van der Waals surface area contributed by atoms with E-state index in [-0.39, 0.29) is 11.8 Å². The molecule has 0 aliphatic rings. The number of phenols is 1. The number of halogens is 1. The minimum Gasteiger partial charge on any atom is -0.508 e. The molecule has 0 aliphatic heterocycles. The molecule has 132 valence electrons. The monoisotopic (exact) mass is 356 g/mol. The van der Waals surface area contributed by atoms with Gasteiger partial charge in [-0.3, -0.25) is 4.79 Å². The lowest BCUT2D eigenvalue weighted by Crippen LogP contribution is -2.17. The van der Waals surface area contributed by atoms with Gasteiger partial charge in [0.2, 0.25) is 5.91 Å². The number of nitrogens with zero attached hydrogens (tertiary/aromatic N) is 1. The molecule has 1 amide bonds. The molecule has 0 unspecified atom stereocenters. The number of benzene rings is 1. The number of carboxylic acids is 1. The molecule has 0 radical (unpaired) electrons. The number of aromatic hydroxyl groups is 1. The lowest BCUT2D eigenvalue weighted by atomic mass is 9.85. The van der Waals surface area contributed by atoms with E-state index < -0.39 is 78.7 Å². The fourth-order valence-electron chi connectivity index (χ4n) is 1.96. The topological polar surface area (TPSA) is 99.5 Å². The molecule has 3 N–H and O–H groups in total. The van der Waals surface area contributed by atoms with Gasteiger partial charge in [-0.1, -0.05) is 20.6 Å². The number of phenolic OH excluding ortho intramolecular Hbond substituents is 1. The van der Waals surface area contributed by atoms with Crippen molar-refractivity contribution in [1.82, 2.24) is 4.98 Å². The molecule has 0 fully saturated rings. The Hall–Kier alpha value is -2.96. The van der Waals surface area contributed by atoms with E-state index in [2.05, 4.69) is 10.3 Å². The molecule has 1 heterocycles. The summed E-state index contributed by atoms with van der Waals surface area (Å²) in [5.41, 5.74) is -6.33. The summed E-state index contributed by atoms with van der Waals surface area (Å²) in [6.45, 7) is -11.4. The summed E-state index contributed by atoms with van der Waals surface area (Å²) in [5, 5.41) is 21.7. The molecule has 1 aromatic carbocycles. The average Bonchev–Trinajstić information content (AvgIpc) is 2.66. The molecular formula is C18H19FN2O4. The Bertz CT molecular complexity index is 1130. The first-order valence-electron chi connectivity index (χ1n) is 11.8. The van der Waals surface area contributed by atoms with Gasteiger partial charge in [-0.2, -0.15) is 0 Å². The predicted molar refractivity (Wildman–Crippen MR) is 90.3 cm³/mol. The van der Waals surface area contributed by atoms with Gasteiger partial charge in [0, 0.05) is 35.3 Å². The summed E-state index contributed by atoms with van der Waals surface area (Å²) >= 11 is 0. The number of hydrogen-bond acceptors (Lipinski definition) is 4. The van der Waals surface area contributed by atoms with Crippen molar-refractivity contribution < 1.29 is 37.9 Å². The number of rotatable bonds is 4.